The highest BCUT2D eigenvalue weighted by atomic mass is 16.5. The molecule has 0 bridgehead atoms. The summed E-state index contributed by atoms with van der Waals surface area (Å²) in [6.45, 7) is 1.37. The Kier molecular flexibility index (Phi) is 10.5. The first-order valence-corrected chi connectivity index (χ1v) is 13.1. The van der Waals surface area contributed by atoms with Crippen LogP contribution in [-0.4, -0.2) is 43.1 Å². The van der Waals surface area contributed by atoms with Crippen molar-refractivity contribution in [2.24, 2.45) is 0 Å². The third-order valence-electron chi connectivity index (χ3n) is 6.52. The summed E-state index contributed by atoms with van der Waals surface area (Å²) in [5, 5.41) is 10.6. The lowest BCUT2D eigenvalue weighted by molar-refractivity contribution is -0.0277. The van der Waals surface area contributed by atoms with Crippen molar-refractivity contribution in [3.63, 3.8) is 0 Å². The van der Waals surface area contributed by atoms with Crippen LogP contribution in [0, 0.1) is 0 Å². The predicted octanol–water partition coefficient (Wildman–Crippen LogP) is 5.67. The molecule has 0 unspecified atom stereocenters. The SMILES string of the molecule is COC(=O)c1c(C[C@H]2C=CC[C@H](C[C@@H](O)CCOCc3ccccc3)O2)cccc1OCc1ccccc1. The summed E-state index contributed by atoms with van der Waals surface area (Å²) < 4.78 is 23.1. The quantitative estimate of drug-likeness (QED) is 0.179. The number of rotatable bonds is 13. The van der Waals surface area contributed by atoms with E-state index in [1.165, 1.54) is 7.11 Å². The van der Waals surface area contributed by atoms with E-state index in [0.717, 1.165) is 23.1 Å². The van der Waals surface area contributed by atoms with Gasteiger partial charge in [-0.2, -0.15) is 0 Å². The van der Waals surface area contributed by atoms with Gasteiger partial charge in [0, 0.05) is 13.0 Å². The van der Waals surface area contributed by atoms with Crippen LogP contribution >= 0.6 is 0 Å². The fourth-order valence-electron chi connectivity index (χ4n) is 4.56. The van der Waals surface area contributed by atoms with Gasteiger partial charge in [0.05, 0.1) is 32.0 Å². The average molecular weight is 517 g/mol. The zero-order valence-electron chi connectivity index (χ0n) is 21.8. The van der Waals surface area contributed by atoms with Crippen molar-refractivity contribution in [2.45, 2.75) is 57.2 Å². The number of methoxy groups -OCH3 is 1. The van der Waals surface area contributed by atoms with Gasteiger partial charge in [-0.1, -0.05) is 84.9 Å². The normalized spacial score (nSPS) is 17.6. The number of hydrogen-bond donors (Lipinski definition) is 1. The monoisotopic (exact) mass is 516 g/mol. The smallest absolute Gasteiger partial charge is 0.341 e. The van der Waals surface area contributed by atoms with Crippen LogP contribution in [0.2, 0.25) is 0 Å². The summed E-state index contributed by atoms with van der Waals surface area (Å²) in [6.07, 6.45) is 5.59. The number of esters is 1. The molecule has 4 rings (SSSR count). The largest absolute Gasteiger partial charge is 0.488 e. The van der Waals surface area contributed by atoms with Crippen molar-refractivity contribution in [1.29, 1.82) is 0 Å². The van der Waals surface area contributed by atoms with Gasteiger partial charge in [0.15, 0.2) is 0 Å². The van der Waals surface area contributed by atoms with E-state index in [4.69, 9.17) is 18.9 Å². The standard InChI is InChI=1S/C32H36O6/c1-35-32(34)31-26(14-8-17-30(31)37-23-25-12-6-3-7-13-25)20-28-15-9-16-29(38-28)21-27(33)18-19-36-22-24-10-4-2-5-11-24/h2-15,17,27-29,33H,16,18-23H2,1H3/t27-,28+,29+/m0/s1. The maximum absolute atomic E-state index is 12.7. The molecule has 0 radical (unpaired) electrons. The third kappa shape index (κ3) is 8.28. The number of carbonyl (C=O) groups is 1. The van der Waals surface area contributed by atoms with Crippen LogP contribution in [0.3, 0.4) is 0 Å². The molecule has 0 aliphatic carbocycles. The number of carbonyl (C=O) groups excluding carboxylic acids is 1. The Morgan fingerprint density at radius 2 is 1.68 bits per heavy atom. The third-order valence-corrected chi connectivity index (χ3v) is 6.52. The summed E-state index contributed by atoms with van der Waals surface area (Å²) >= 11 is 0. The van der Waals surface area contributed by atoms with Crippen LogP contribution in [0.5, 0.6) is 5.75 Å². The van der Waals surface area contributed by atoms with Crippen LogP contribution in [-0.2, 0) is 33.8 Å². The van der Waals surface area contributed by atoms with Crippen molar-refractivity contribution >= 4 is 5.97 Å². The Hall–Kier alpha value is -3.45. The molecule has 3 aromatic carbocycles. The molecular formula is C32H36O6. The molecule has 0 fully saturated rings. The predicted molar refractivity (Wildman–Crippen MR) is 146 cm³/mol. The number of aliphatic hydroxyl groups excluding tert-OH is 1. The van der Waals surface area contributed by atoms with Crippen molar-refractivity contribution in [1.82, 2.24) is 0 Å². The molecule has 3 atom stereocenters. The molecule has 0 saturated heterocycles. The minimum atomic E-state index is -0.511. The maximum Gasteiger partial charge on any atom is 0.341 e. The van der Waals surface area contributed by atoms with Crippen LogP contribution < -0.4 is 4.74 Å². The number of ether oxygens (including phenoxy) is 4. The second-order valence-electron chi connectivity index (χ2n) is 9.44. The molecule has 1 aliphatic heterocycles. The maximum atomic E-state index is 12.7. The van der Waals surface area contributed by atoms with E-state index >= 15 is 0 Å². The van der Waals surface area contributed by atoms with E-state index in [1.54, 1.807) is 6.07 Å². The summed E-state index contributed by atoms with van der Waals surface area (Å²) in [5.41, 5.74) is 3.35. The first-order valence-electron chi connectivity index (χ1n) is 13.1. The van der Waals surface area contributed by atoms with Crippen molar-refractivity contribution in [3.05, 3.63) is 113 Å². The molecule has 0 spiro atoms. The van der Waals surface area contributed by atoms with Gasteiger partial charge < -0.3 is 24.1 Å². The zero-order chi connectivity index (χ0) is 26.6. The summed E-state index contributed by atoms with van der Waals surface area (Å²) in [6, 6.07) is 25.4. The van der Waals surface area contributed by atoms with E-state index in [2.05, 4.69) is 6.08 Å². The van der Waals surface area contributed by atoms with Gasteiger partial charge in [-0.15, -0.1) is 0 Å². The second-order valence-corrected chi connectivity index (χ2v) is 9.44. The van der Waals surface area contributed by atoms with Gasteiger partial charge in [-0.25, -0.2) is 4.79 Å². The van der Waals surface area contributed by atoms with Crippen LogP contribution in [0.15, 0.2) is 91.0 Å². The zero-order valence-corrected chi connectivity index (χ0v) is 21.8. The number of aliphatic hydroxyl groups is 1. The van der Waals surface area contributed by atoms with Gasteiger partial charge in [-0.3, -0.25) is 0 Å². The van der Waals surface area contributed by atoms with Gasteiger partial charge in [0.1, 0.15) is 17.9 Å². The van der Waals surface area contributed by atoms with Crippen LogP contribution in [0.1, 0.15) is 46.3 Å². The molecule has 6 nitrogen and oxygen atoms in total. The molecule has 1 N–H and O–H groups in total. The molecule has 6 heteroatoms. The lowest BCUT2D eigenvalue weighted by Crippen LogP contribution is -2.30. The topological polar surface area (TPSA) is 74.2 Å². The molecule has 1 aliphatic rings. The summed E-state index contributed by atoms with van der Waals surface area (Å²) in [7, 11) is 1.37. The Morgan fingerprint density at radius 1 is 0.974 bits per heavy atom. The Labute approximate surface area is 224 Å². The molecular weight excluding hydrogens is 480 g/mol. The van der Waals surface area contributed by atoms with Crippen molar-refractivity contribution < 1.29 is 28.8 Å². The van der Waals surface area contributed by atoms with E-state index in [9.17, 15) is 9.90 Å². The molecule has 0 aromatic heterocycles. The minimum absolute atomic E-state index is 0.104. The molecule has 0 saturated carbocycles. The summed E-state index contributed by atoms with van der Waals surface area (Å²) in [4.78, 5) is 12.7. The van der Waals surface area contributed by atoms with E-state index in [-0.39, 0.29) is 12.2 Å². The fraction of sp³-hybridized carbons (Fsp3) is 0.344. The lowest BCUT2D eigenvalue weighted by Gasteiger charge is -2.28. The molecule has 0 amide bonds. The fourth-order valence-corrected chi connectivity index (χ4v) is 4.56. The van der Waals surface area contributed by atoms with Gasteiger partial charge in [0.2, 0.25) is 0 Å². The van der Waals surface area contributed by atoms with Crippen LogP contribution in [0.4, 0.5) is 0 Å². The van der Waals surface area contributed by atoms with Crippen LogP contribution in [0.25, 0.3) is 0 Å². The second kappa shape index (κ2) is 14.5. The average Bonchev–Trinajstić information content (AvgIpc) is 2.95. The van der Waals surface area contributed by atoms with E-state index in [1.807, 2.05) is 78.9 Å². The Bertz CT molecular complexity index is 1160. The van der Waals surface area contributed by atoms with E-state index in [0.29, 0.717) is 50.4 Å². The minimum Gasteiger partial charge on any atom is -0.488 e. The Morgan fingerprint density at radius 3 is 2.39 bits per heavy atom. The molecule has 3 aromatic rings. The first kappa shape index (κ1) is 27.6. The van der Waals surface area contributed by atoms with Gasteiger partial charge in [0.25, 0.3) is 0 Å². The number of benzene rings is 3. The lowest BCUT2D eigenvalue weighted by atomic mass is 9.97. The van der Waals surface area contributed by atoms with E-state index < -0.39 is 12.1 Å². The highest BCUT2D eigenvalue weighted by molar-refractivity contribution is 5.94. The molecule has 38 heavy (non-hydrogen) atoms. The van der Waals surface area contributed by atoms with Crippen molar-refractivity contribution in [3.8, 4) is 5.75 Å². The molecule has 1 heterocycles. The number of hydrogen-bond acceptors (Lipinski definition) is 6. The van der Waals surface area contributed by atoms with Gasteiger partial charge >= 0.3 is 5.97 Å². The van der Waals surface area contributed by atoms with Crippen molar-refractivity contribution in [2.75, 3.05) is 13.7 Å². The first-order chi connectivity index (χ1) is 18.6. The van der Waals surface area contributed by atoms with Gasteiger partial charge in [-0.05, 0) is 42.0 Å². The Balaban J connectivity index is 1.31. The summed E-state index contributed by atoms with van der Waals surface area (Å²) in [5.74, 6) is 0.0476. The molecule has 200 valence electrons. The highest BCUT2D eigenvalue weighted by Crippen LogP contribution is 2.28. The highest BCUT2D eigenvalue weighted by Gasteiger charge is 2.25.